The third-order valence-corrected chi connectivity index (χ3v) is 2.57. The second-order valence-corrected chi connectivity index (χ2v) is 4.06. The molecular weight excluding hydrogens is 247 g/mol. The van der Waals surface area contributed by atoms with E-state index in [2.05, 4.69) is 4.98 Å². The Bertz CT molecular complexity index is 352. The number of hydrogen-bond acceptors (Lipinski definition) is 2. The highest BCUT2D eigenvalue weighted by atomic mass is 35.5. The van der Waals surface area contributed by atoms with Crippen molar-refractivity contribution in [1.82, 2.24) is 9.88 Å². The van der Waals surface area contributed by atoms with Gasteiger partial charge >= 0.3 is 0 Å². The van der Waals surface area contributed by atoms with Gasteiger partial charge in [-0.1, -0.05) is 0 Å². The van der Waals surface area contributed by atoms with Crippen LogP contribution >= 0.6 is 23.2 Å². The highest BCUT2D eigenvalue weighted by Crippen LogP contribution is 2.08. The number of aromatic nitrogens is 1. The Morgan fingerprint density at radius 1 is 1.38 bits per heavy atom. The molecule has 0 fully saturated rings. The standard InChI is InChI=1S/C11H14Cl2N2O/c1-9-10(3-2-6-14-9)11(16)15(7-4-12)8-5-13/h2-3,6H,4-5,7-8H2,1H3. The van der Waals surface area contributed by atoms with Crippen LogP contribution < -0.4 is 0 Å². The van der Waals surface area contributed by atoms with Crippen LogP contribution in [0.2, 0.25) is 0 Å². The van der Waals surface area contributed by atoms with Crippen molar-refractivity contribution in [2.24, 2.45) is 0 Å². The van der Waals surface area contributed by atoms with Gasteiger partial charge in [0.15, 0.2) is 0 Å². The number of alkyl halides is 2. The van der Waals surface area contributed by atoms with E-state index < -0.39 is 0 Å². The van der Waals surface area contributed by atoms with Crippen LogP contribution in [0.5, 0.6) is 0 Å². The number of carbonyl (C=O) groups is 1. The molecule has 5 heteroatoms. The fraction of sp³-hybridized carbons (Fsp3) is 0.455. The van der Waals surface area contributed by atoms with Gasteiger partial charge in [-0.3, -0.25) is 9.78 Å². The first-order valence-electron chi connectivity index (χ1n) is 5.03. The first-order chi connectivity index (χ1) is 7.70. The third-order valence-electron chi connectivity index (χ3n) is 2.23. The zero-order chi connectivity index (χ0) is 12.0. The lowest BCUT2D eigenvalue weighted by molar-refractivity contribution is 0.0774. The average Bonchev–Trinajstić information content (AvgIpc) is 2.28. The van der Waals surface area contributed by atoms with Gasteiger partial charge in [0.1, 0.15) is 0 Å². The Kier molecular flexibility index (Phi) is 5.56. The molecule has 1 rings (SSSR count). The molecule has 1 heterocycles. The number of hydrogen-bond donors (Lipinski definition) is 0. The Labute approximate surface area is 105 Å². The maximum absolute atomic E-state index is 12.1. The molecule has 0 aromatic carbocycles. The molecule has 1 amide bonds. The van der Waals surface area contributed by atoms with Crippen LogP contribution in [0.25, 0.3) is 0 Å². The molecule has 1 aromatic heterocycles. The lowest BCUT2D eigenvalue weighted by Gasteiger charge is -2.21. The van der Waals surface area contributed by atoms with E-state index in [9.17, 15) is 4.79 Å². The first-order valence-corrected chi connectivity index (χ1v) is 6.10. The van der Waals surface area contributed by atoms with Crippen molar-refractivity contribution in [3.63, 3.8) is 0 Å². The smallest absolute Gasteiger partial charge is 0.255 e. The minimum absolute atomic E-state index is 0.0631. The summed E-state index contributed by atoms with van der Waals surface area (Å²) in [5, 5.41) is 0. The molecule has 3 nitrogen and oxygen atoms in total. The van der Waals surface area contributed by atoms with E-state index in [4.69, 9.17) is 23.2 Å². The summed E-state index contributed by atoms with van der Waals surface area (Å²) in [6.07, 6.45) is 1.67. The summed E-state index contributed by atoms with van der Waals surface area (Å²) < 4.78 is 0. The van der Waals surface area contributed by atoms with Crippen LogP contribution in [0, 0.1) is 6.92 Å². The molecule has 0 N–H and O–H groups in total. The van der Waals surface area contributed by atoms with Crippen LogP contribution in [0.3, 0.4) is 0 Å². The quantitative estimate of drug-likeness (QED) is 0.762. The Morgan fingerprint density at radius 2 is 2.00 bits per heavy atom. The SMILES string of the molecule is Cc1ncccc1C(=O)N(CCCl)CCCl. The van der Waals surface area contributed by atoms with Crippen LogP contribution in [0.15, 0.2) is 18.3 Å². The van der Waals surface area contributed by atoms with E-state index in [1.54, 1.807) is 23.2 Å². The molecule has 0 saturated heterocycles. The predicted octanol–water partition coefficient (Wildman–Crippen LogP) is 2.31. The van der Waals surface area contributed by atoms with Crippen molar-refractivity contribution in [3.05, 3.63) is 29.6 Å². The molecule has 1 aromatic rings. The van der Waals surface area contributed by atoms with Crippen LogP contribution in [0.1, 0.15) is 16.1 Å². The van der Waals surface area contributed by atoms with E-state index in [0.717, 1.165) is 5.69 Å². The maximum atomic E-state index is 12.1. The normalized spacial score (nSPS) is 10.2. The zero-order valence-electron chi connectivity index (χ0n) is 9.12. The van der Waals surface area contributed by atoms with E-state index in [1.165, 1.54) is 0 Å². The van der Waals surface area contributed by atoms with Crippen molar-refractivity contribution < 1.29 is 4.79 Å². The summed E-state index contributed by atoms with van der Waals surface area (Å²) in [6.45, 7) is 2.82. The Morgan fingerprint density at radius 3 is 2.50 bits per heavy atom. The van der Waals surface area contributed by atoms with Crippen molar-refractivity contribution in [1.29, 1.82) is 0 Å². The van der Waals surface area contributed by atoms with Crippen LogP contribution in [-0.4, -0.2) is 40.6 Å². The summed E-state index contributed by atoms with van der Waals surface area (Å²) in [7, 11) is 0. The maximum Gasteiger partial charge on any atom is 0.255 e. The molecule has 0 aliphatic carbocycles. The second kappa shape index (κ2) is 6.71. The van der Waals surface area contributed by atoms with E-state index in [0.29, 0.717) is 30.4 Å². The molecule has 0 saturated carbocycles. The summed E-state index contributed by atoms with van der Waals surface area (Å²) in [5.74, 6) is 0.746. The molecule has 88 valence electrons. The average molecular weight is 261 g/mol. The van der Waals surface area contributed by atoms with Crippen LogP contribution in [0.4, 0.5) is 0 Å². The summed E-state index contributed by atoms with van der Waals surface area (Å²) in [6, 6.07) is 3.51. The molecule has 0 aliphatic heterocycles. The fourth-order valence-corrected chi connectivity index (χ4v) is 1.81. The van der Waals surface area contributed by atoms with E-state index in [1.807, 2.05) is 6.92 Å². The zero-order valence-corrected chi connectivity index (χ0v) is 10.6. The van der Waals surface area contributed by atoms with Gasteiger partial charge in [0.05, 0.1) is 5.56 Å². The highest BCUT2D eigenvalue weighted by molar-refractivity contribution is 6.18. The molecule has 0 atom stereocenters. The van der Waals surface area contributed by atoms with Gasteiger partial charge in [0.25, 0.3) is 5.91 Å². The van der Waals surface area contributed by atoms with Gasteiger partial charge in [0.2, 0.25) is 0 Å². The van der Waals surface area contributed by atoms with Crippen LogP contribution in [-0.2, 0) is 0 Å². The van der Waals surface area contributed by atoms with Gasteiger partial charge in [-0.05, 0) is 19.1 Å². The topological polar surface area (TPSA) is 33.2 Å². The van der Waals surface area contributed by atoms with Crippen molar-refractivity contribution in [2.75, 3.05) is 24.8 Å². The Hall–Kier alpha value is -0.800. The monoisotopic (exact) mass is 260 g/mol. The van der Waals surface area contributed by atoms with E-state index >= 15 is 0 Å². The van der Waals surface area contributed by atoms with Gasteiger partial charge < -0.3 is 4.90 Å². The number of carbonyl (C=O) groups excluding carboxylic acids is 1. The van der Waals surface area contributed by atoms with Crippen molar-refractivity contribution in [2.45, 2.75) is 6.92 Å². The predicted molar refractivity (Wildman–Crippen MR) is 66.3 cm³/mol. The molecule has 0 bridgehead atoms. The number of amides is 1. The van der Waals surface area contributed by atoms with Crippen molar-refractivity contribution in [3.8, 4) is 0 Å². The molecule has 0 aliphatic rings. The summed E-state index contributed by atoms with van der Waals surface area (Å²) >= 11 is 11.3. The largest absolute Gasteiger partial charge is 0.336 e. The number of rotatable bonds is 5. The third kappa shape index (κ3) is 3.35. The lowest BCUT2D eigenvalue weighted by Crippen LogP contribution is -2.34. The minimum atomic E-state index is -0.0631. The van der Waals surface area contributed by atoms with Gasteiger partial charge in [-0.15, -0.1) is 23.2 Å². The number of pyridine rings is 1. The number of nitrogens with zero attached hydrogens (tertiary/aromatic N) is 2. The van der Waals surface area contributed by atoms with Gasteiger partial charge in [0, 0.05) is 36.7 Å². The van der Waals surface area contributed by atoms with Gasteiger partial charge in [-0.25, -0.2) is 0 Å². The highest BCUT2D eigenvalue weighted by Gasteiger charge is 2.16. The van der Waals surface area contributed by atoms with E-state index in [-0.39, 0.29) is 5.91 Å². The molecular formula is C11H14Cl2N2O. The number of aryl methyl sites for hydroxylation is 1. The Balaban J connectivity index is 2.85. The molecule has 0 spiro atoms. The minimum Gasteiger partial charge on any atom is -0.336 e. The molecule has 16 heavy (non-hydrogen) atoms. The second-order valence-electron chi connectivity index (χ2n) is 3.31. The lowest BCUT2D eigenvalue weighted by atomic mass is 10.2. The van der Waals surface area contributed by atoms with Crippen molar-refractivity contribution >= 4 is 29.1 Å². The first kappa shape index (κ1) is 13.3. The molecule has 0 unspecified atom stereocenters. The van der Waals surface area contributed by atoms with Gasteiger partial charge in [-0.2, -0.15) is 0 Å². The molecule has 0 radical (unpaired) electrons. The summed E-state index contributed by atoms with van der Waals surface area (Å²) in [5.41, 5.74) is 1.33. The fourth-order valence-electron chi connectivity index (χ4n) is 1.40. The summed E-state index contributed by atoms with van der Waals surface area (Å²) in [4.78, 5) is 17.8. The number of halogens is 2.